The summed E-state index contributed by atoms with van der Waals surface area (Å²) in [6.45, 7) is 0. The number of nitrogens with zero attached hydrogens (tertiary/aromatic N) is 3. The zero-order valence-corrected chi connectivity index (χ0v) is 10.9. The van der Waals surface area contributed by atoms with Crippen molar-refractivity contribution >= 4 is 17.7 Å². The Morgan fingerprint density at radius 1 is 1.14 bits per heavy atom. The quantitative estimate of drug-likeness (QED) is 0.871. The summed E-state index contributed by atoms with van der Waals surface area (Å²) in [6.07, 6.45) is 4.56. The first-order chi connectivity index (χ1) is 10.2. The molecular weight excluding hydrogens is 264 g/mol. The summed E-state index contributed by atoms with van der Waals surface area (Å²) in [5.41, 5.74) is 1.84. The average molecular weight is 274 g/mol. The van der Waals surface area contributed by atoms with Crippen LogP contribution in [0.1, 0.15) is 15.9 Å². The molecule has 5 nitrogen and oxygen atoms in total. The van der Waals surface area contributed by atoms with Gasteiger partial charge in [-0.2, -0.15) is 10.5 Å². The van der Waals surface area contributed by atoms with E-state index in [0.29, 0.717) is 16.8 Å². The highest BCUT2D eigenvalue weighted by molar-refractivity contribution is 6.04. The highest BCUT2D eigenvalue weighted by Gasteiger charge is 2.05. The lowest BCUT2D eigenvalue weighted by atomic mass is 10.1. The number of hydrogen-bond donors (Lipinski definition) is 1. The van der Waals surface area contributed by atoms with Gasteiger partial charge in [-0.1, -0.05) is 12.1 Å². The number of benzene rings is 1. The van der Waals surface area contributed by atoms with Gasteiger partial charge in [-0.3, -0.25) is 9.78 Å². The second kappa shape index (κ2) is 6.65. The SMILES string of the molecule is N#CC(C#N)=Cc1ccc(NC(=O)c2cccnc2)cc1. The molecule has 0 aliphatic carbocycles. The number of hydrogen-bond acceptors (Lipinski definition) is 4. The predicted molar refractivity (Wildman–Crippen MR) is 77.8 cm³/mol. The third kappa shape index (κ3) is 3.76. The van der Waals surface area contributed by atoms with Crippen LogP contribution >= 0.6 is 0 Å². The van der Waals surface area contributed by atoms with E-state index >= 15 is 0 Å². The maximum atomic E-state index is 11.9. The largest absolute Gasteiger partial charge is 0.322 e. The molecule has 2 rings (SSSR count). The molecule has 21 heavy (non-hydrogen) atoms. The van der Waals surface area contributed by atoms with Crippen molar-refractivity contribution in [3.05, 3.63) is 65.5 Å². The fourth-order valence-electron chi connectivity index (χ4n) is 1.62. The van der Waals surface area contributed by atoms with Crippen LogP contribution in [-0.4, -0.2) is 10.9 Å². The summed E-state index contributed by atoms with van der Waals surface area (Å²) in [5, 5.41) is 20.1. The minimum atomic E-state index is -0.249. The van der Waals surface area contributed by atoms with Crippen LogP contribution in [0.4, 0.5) is 5.69 Å². The third-order valence-electron chi connectivity index (χ3n) is 2.64. The molecular formula is C16H10N4O. The van der Waals surface area contributed by atoms with Crippen LogP contribution in [0.5, 0.6) is 0 Å². The standard InChI is InChI=1S/C16H10N4O/c17-9-13(10-18)8-12-3-5-15(6-4-12)20-16(21)14-2-1-7-19-11-14/h1-8,11H,(H,20,21). The summed E-state index contributed by atoms with van der Waals surface area (Å²) in [6, 6.07) is 13.8. The molecule has 1 heterocycles. The number of nitriles is 2. The van der Waals surface area contributed by atoms with Gasteiger partial charge >= 0.3 is 0 Å². The first kappa shape index (κ1) is 14.0. The molecule has 0 unspecified atom stereocenters. The van der Waals surface area contributed by atoms with Gasteiger partial charge in [-0.25, -0.2) is 0 Å². The molecule has 0 aliphatic heterocycles. The Morgan fingerprint density at radius 2 is 1.86 bits per heavy atom. The molecule has 100 valence electrons. The van der Waals surface area contributed by atoms with Crippen LogP contribution in [0.3, 0.4) is 0 Å². The van der Waals surface area contributed by atoms with Crippen molar-refractivity contribution in [2.75, 3.05) is 5.32 Å². The van der Waals surface area contributed by atoms with Crippen molar-refractivity contribution in [2.45, 2.75) is 0 Å². The second-order valence-corrected chi connectivity index (χ2v) is 4.10. The Kier molecular flexibility index (Phi) is 4.42. The van der Waals surface area contributed by atoms with Crippen LogP contribution in [-0.2, 0) is 0 Å². The minimum Gasteiger partial charge on any atom is -0.322 e. The number of anilines is 1. The molecule has 0 radical (unpaired) electrons. The van der Waals surface area contributed by atoms with E-state index < -0.39 is 0 Å². The Labute approximate surface area is 121 Å². The topological polar surface area (TPSA) is 89.6 Å². The van der Waals surface area contributed by atoms with E-state index in [0.717, 1.165) is 0 Å². The van der Waals surface area contributed by atoms with E-state index in [2.05, 4.69) is 10.3 Å². The highest BCUT2D eigenvalue weighted by Crippen LogP contribution is 2.13. The molecule has 1 amide bonds. The Bertz CT molecular complexity index is 734. The van der Waals surface area contributed by atoms with Gasteiger partial charge in [-0.15, -0.1) is 0 Å². The average Bonchev–Trinajstić information content (AvgIpc) is 2.55. The number of nitrogens with one attached hydrogen (secondary N) is 1. The van der Waals surface area contributed by atoms with Crippen molar-refractivity contribution in [3.63, 3.8) is 0 Å². The predicted octanol–water partition coefficient (Wildman–Crippen LogP) is 2.76. The molecule has 0 saturated carbocycles. The van der Waals surface area contributed by atoms with Crippen molar-refractivity contribution in [2.24, 2.45) is 0 Å². The maximum absolute atomic E-state index is 11.9. The van der Waals surface area contributed by atoms with Crippen molar-refractivity contribution in [1.29, 1.82) is 10.5 Å². The van der Waals surface area contributed by atoms with Gasteiger partial charge in [-0.05, 0) is 35.9 Å². The number of aromatic nitrogens is 1. The van der Waals surface area contributed by atoms with Gasteiger partial charge in [0.15, 0.2) is 0 Å². The number of carbonyl (C=O) groups excluding carboxylic acids is 1. The molecule has 0 fully saturated rings. The number of carbonyl (C=O) groups is 1. The molecule has 0 bridgehead atoms. The minimum absolute atomic E-state index is 0.0298. The smallest absolute Gasteiger partial charge is 0.257 e. The molecule has 0 atom stereocenters. The van der Waals surface area contributed by atoms with E-state index in [1.54, 1.807) is 54.7 Å². The van der Waals surface area contributed by atoms with Gasteiger partial charge in [0.2, 0.25) is 0 Å². The zero-order valence-electron chi connectivity index (χ0n) is 10.9. The Hall–Kier alpha value is -3.44. The molecule has 1 aromatic heterocycles. The van der Waals surface area contributed by atoms with Crippen LogP contribution in [0, 0.1) is 22.7 Å². The molecule has 1 N–H and O–H groups in total. The normalized spacial score (nSPS) is 9.05. The molecule has 0 aliphatic rings. The van der Waals surface area contributed by atoms with E-state index in [9.17, 15) is 4.79 Å². The molecule has 0 saturated heterocycles. The van der Waals surface area contributed by atoms with Gasteiger partial charge in [0.05, 0.1) is 5.56 Å². The van der Waals surface area contributed by atoms with Crippen LogP contribution in [0.2, 0.25) is 0 Å². The zero-order chi connectivity index (χ0) is 15.1. The third-order valence-corrected chi connectivity index (χ3v) is 2.64. The van der Waals surface area contributed by atoms with Crippen molar-refractivity contribution < 1.29 is 4.79 Å². The van der Waals surface area contributed by atoms with Gasteiger partial charge in [0.25, 0.3) is 5.91 Å². The second-order valence-electron chi connectivity index (χ2n) is 4.10. The van der Waals surface area contributed by atoms with Crippen LogP contribution in [0.15, 0.2) is 54.4 Å². The summed E-state index contributed by atoms with van der Waals surface area (Å²) >= 11 is 0. The first-order valence-electron chi connectivity index (χ1n) is 6.06. The first-order valence-corrected chi connectivity index (χ1v) is 6.06. The van der Waals surface area contributed by atoms with Crippen molar-refractivity contribution in [1.82, 2.24) is 4.98 Å². The van der Waals surface area contributed by atoms with Gasteiger partial charge in [0, 0.05) is 18.1 Å². The molecule has 5 heteroatoms. The fraction of sp³-hybridized carbons (Fsp3) is 0. The van der Waals surface area contributed by atoms with Crippen molar-refractivity contribution in [3.8, 4) is 12.1 Å². The summed E-state index contributed by atoms with van der Waals surface area (Å²) in [7, 11) is 0. The lowest BCUT2D eigenvalue weighted by molar-refractivity contribution is 0.102. The van der Waals surface area contributed by atoms with Gasteiger partial charge in [0.1, 0.15) is 17.7 Å². The number of pyridine rings is 1. The summed E-state index contributed by atoms with van der Waals surface area (Å²) in [4.78, 5) is 15.8. The summed E-state index contributed by atoms with van der Waals surface area (Å²) < 4.78 is 0. The fourth-order valence-corrected chi connectivity index (χ4v) is 1.62. The Morgan fingerprint density at radius 3 is 2.43 bits per heavy atom. The number of rotatable bonds is 3. The lowest BCUT2D eigenvalue weighted by Crippen LogP contribution is -2.11. The highest BCUT2D eigenvalue weighted by atomic mass is 16.1. The molecule has 2 aromatic rings. The van der Waals surface area contributed by atoms with E-state index in [1.807, 2.05) is 0 Å². The van der Waals surface area contributed by atoms with E-state index in [4.69, 9.17) is 10.5 Å². The monoisotopic (exact) mass is 274 g/mol. The molecule has 1 aromatic carbocycles. The molecule has 0 spiro atoms. The van der Waals surface area contributed by atoms with E-state index in [1.165, 1.54) is 12.3 Å². The summed E-state index contributed by atoms with van der Waals surface area (Å²) in [5.74, 6) is -0.249. The number of amides is 1. The maximum Gasteiger partial charge on any atom is 0.257 e. The lowest BCUT2D eigenvalue weighted by Gasteiger charge is -2.05. The Balaban J connectivity index is 2.11. The van der Waals surface area contributed by atoms with Crippen LogP contribution in [0.25, 0.3) is 6.08 Å². The van der Waals surface area contributed by atoms with Gasteiger partial charge < -0.3 is 5.32 Å². The van der Waals surface area contributed by atoms with E-state index in [-0.39, 0.29) is 11.5 Å². The van der Waals surface area contributed by atoms with Crippen LogP contribution < -0.4 is 5.32 Å². The number of allylic oxidation sites excluding steroid dienone is 1.